The van der Waals surface area contributed by atoms with Gasteiger partial charge in [0.1, 0.15) is 0 Å². The minimum absolute atomic E-state index is 0.273. The topological polar surface area (TPSA) is 55.7 Å². The second-order valence-corrected chi connectivity index (χ2v) is 1.11. The Kier molecular flexibility index (Phi) is 4.30. The van der Waals surface area contributed by atoms with Crippen LogP contribution in [0.2, 0.25) is 0 Å². The van der Waals surface area contributed by atoms with Crippen molar-refractivity contribution in [2.24, 2.45) is 4.99 Å². The molecule has 0 fully saturated rings. The number of amides is 1. The highest BCUT2D eigenvalue weighted by molar-refractivity contribution is 6.15. The van der Waals surface area contributed by atoms with Gasteiger partial charge < -0.3 is 4.74 Å². The van der Waals surface area contributed by atoms with Gasteiger partial charge in [0, 0.05) is 0 Å². The van der Waals surface area contributed by atoms with Gasteiger partial charge in [0.15, 0.2) is 6.29 Å². The van der Waals surface area contributed by atoms with Crippen LogP contribution in [0.25, 0.3) is 0 Å². The SMILES string of the molecule is CCOC(=O)N=CC=O. The maximum Gasteiger partial charge on any atom is 0.433 e. The Bertz CT molecular complexity index is 130. The average molecular weight is 129 g/mol. The van der Waals surface area contributed by atoms with Gasteiger partial charge in [0.05, 0.1) is 12.8 Å². The van der Waals surface area contributed by atoms with Gasteiger partial charge in [-0.1, -0.05) is 0 Å². The lowest BCUT2D eigenvalue weighted by atomic mass is 10.8. The van der Waals surface area contributed by atoms with Crippen molar-refractivity contribution in [1.29, 1.82) is 0 Å². The Hall–Kier alpha value is -1.19. The molecule has 0 aromatic rings. The molecule has 0 aliphatic rings. The molecule has 0 saturated carbocycles. The van der Waals surface area contributed by atoms with Crippen LogP contribution in [0.15, 0.2) is 4.99 Å². The lowest BCUT2D eigenvalue weighted by molar-refractivity contribution is -0.102. The molecule has 0 aliphatic carbocycles. The van der Waals surface area contributed by atoms with E-state index in [2.05, 4.69) is 9.73 Å². The first-order valence-corrected chi connectivity index (χ1v) is 2.45. The van der Waals surface area contributed by atoms with Gasteiger partial charge in [-0.15, -0.1) is 0 Å². The zero-order chi connectivity index (χ0) is 7.11. The molecule has 0 N–H and O–H groups in total. The highest BCUT2D eigenvalue weighted by Gasteiger charge is 1.91. The van der Waals surface area contributed by atoms with E-state index < -0.39 is 6.09 Å². The van der Waals surface area contributed by atoms with E-state index in [0.29, 0.717) is 6.29 Å². The fourth-order valence-electron chi connectivity index (χ4n) is 0.252. The van der Waals surface area contributed by atoms with Crippen molar-refractivity contribution in [3.05, 3.63) is 0 Å². The standard InChI is InChI=1S/C5H7NO3/c1-2-9-5(8)6-3-4-7/h3-4H,2H2,1H3. The van der Waals surface area contributed by atoms with E-state index in [1.54, 1.807) is 6.92 Å². The molecular formula is C5H7NO3. The first kappa shape index (κ1) is 7.81. The van der Waals surface area contributed by atoms with Crippen LogP contribution < -0.4 is 0 Å². The molecule has 0 radical (unpaired) electrons. The van der Waals surface area contributed by atoms with Crippen LogP contribution in [-0.4, -0.2) is 25.2 Å². The van der Waals surface area contributed by atoms with Crippen molar-refractivity contribution in [3.63, 3.8) is 0 Å². The Labute approximate surface area is 52.5 Å². The third kappa shape index (κ3) is 4.67. The Morgan fingerprint density at radius 3 is 2.89 bits per heavy atom. The molecule has 0 bridgehead atoms. The molecule has 0 saturated heterocycles. The second kappa shape index (κ2) is 4.96. The molecule has 4 heteroatoms. The highest BCUT2D eigenvalue weighted by Crippen LogP contribution is 1.79. The highest BCUT2D eigenvalue weighted by atomic mass is 16.5. The lowest BCUT2D eigenvalue weighted by Gasteiger charge is -1.90. The minimum Gasteiger partial charge on any atom is -0.448 e. The van der Waals surface area contributed by atoms with Crippen LogP contribution in [0.3, 0.4) is 0 Å². The predicted octanol–water partition coefficient (Wildman–Crippen LogP) is 0.413. The second-order valence-electron chi connectivity index (χ2n) is 1.11. The van der Waals surface area contributed by atoms with E-state index in [-0.39, 0.29) is 6.61 Å². The molecule has 0 rings (SSSR count). The number of hydrogen-bond acceptors (Lipinski definition) is 3. The van der Waals surface area contributed by atoms with E-state index in [0.717, 1.165) is 6.21 Å². The molecule has 4 nitrogen and oxygen atoms in total. The monoisotopic (exact) mass is 129 g/mol. The van der Waals surface area contributed by atoms with Gasteiger partial charge in [0.25, 0.3) is 0 Å². The van der Waals surface area contributed by atoms with Crippen LogP contribution in [0.5, 0.6) is 0 Å². The molecular weight excluding hydrogens is 122 g/mol. The summed E-state index contributed by atoms with van der Waals surface area (Å²) >= 11 is 0. The normalized spacial score (nSPS) is 9.44. The molecule has 0 atom stereocenters. The molecule has 0 heterocycles. The van der Waals surface area contributed by atoms with Gasteiger partial charge in [0.2, 0.25) is 0 Å². The van der Waals surface area contributed by atoms with Crippen molar-refractivity contribution in [1.82, 2.24) is 0 Å². The van der Waals surface area contributed by atoms with E-state index in [4.69, 9.17) is 0 Å². The number of carbonyl (C=O) groups is 2. The van der Waals surface area contributed by atoms with Gasteiger partial charge >= 0.3 is 6.09 Å². The number of ether oxygens (including phenoxy) is 1. The Morgan fingerprint density at radius 2 is 2.44 bits per heavy atom. The van der Waals surface area contributed by atoms with Crippen molar-refractivity contribution in [2.45, 2.75) is 6.92 Å². The summed E-state index contributed by atoms with van der Waals surface area (Å²) in [5, 5.41) is 0. The predicted molar refractivity (Wildman–Crippen MR) is 31.6 cm³/mol. The van der Waals surface area contributed by atoms with Gasteiger partial charge in [-0.05, 0) is 6.92 Å². The van der Waals surface area contributed by atoms with Crippen molar-refractivity contribution in [3.8, 4) is 0 Å². The summed E-state index contributed by atoms with van der Waals surface area (Å²) in [5.41, 5.74) is 0. The zero-order valence-electron chi connectivity index (χ0n) is 5.03. The molecule has 9 heavy (non-hydrogen) atoms. The smallest absolute Gasteiger partial charge is 0.433 e. The third-order valence-electron chi connectivity index (χ3n) is 0.509. The largest absolute Gasteiger partial charge is 0.448 e. The van der Waals surface area contributed by atoms with Crippen LogP contribution in [0, 0.1) is 0 Å². The van der Waals surface area contributed by atoms with Crippen LogP contribution in [0.1, 0.15) is 6.92 Å². The maximum absolute atomic E-state index is 10.2. The summed E-state index contributed by atoms with van der Waals surface area (Å²) in [6.45, 7) is 1.93. The first-order chi connectivity index (χ1) is 4.31. The number of aliphatic imine (C=N–C) groups is 1. The van der Waals surface area contributed by atoms with Gasteiger partial charge in [-0.3, -0.25) is 4.79 Å². The third-order valence-corrected chi connectivity index (χ3v) is 0.509. The lowest BCUT2D eigenvalue weighted by Crippen LogP contribution is -1.97. The van der Waals surface area contributed by atoms with Crippen LogP contribution >= 0.6 is 0 Å². The first-order valence-electron chi connectivity index (χ1n) is 2.45. The van der Waals surface area contributed by atoms with Gasteiger partial charge in [-0.2, -0.15) is 4.99 Å². The fourth-order valence-corrected chi connectivity index (χ4v) is 0.252. The van der Waals surface area contributed by atoms with E-state index in [1.165, 1.54) is 0 Å². The summed E-state index contributed by atoms with van der Waals surface area (Å²) in [6.07, 6.45) is 0.527. The van der Waals surface area contributed by atoms with Crippen LogP contribution in [-0.2, 0) is 9.53 Å². The number of rotatable bonds is 2. The maximum atomic E-state index is 10.2. The molecule has 1 amide bonds. The summed E-state index contributed by atoms with van der Waals surface area (Å²) in [6, 6.07) is 0. The molecule has 0 unspecified atom stereocenters. The van der Waals surface area contributed by atoms with E-state index in [1.807, 2.05) is 0 Å². The van der Waals surface area contributed by atoms with Crippen LogP contribution in [0.4, 0.5) is 4.79 Å². The molecule has 0 spiro atoms. The van der Waals surface area contributed by atoms with Crippen molar-refractivity contribution in [2.75, 3.05) is 6.61 Å². The quantitative estimate of drug-likeness (QED) is 0.401. The van der Waals surface area contributed by atoms with E-state index >= 15 is 0 Å². The summed E-state index contributed by atoms with van der Waals surface area (Å²) < 4.78 is 4.35. The van der Waals surface area contributed by atoms with Gasteiger partial charge in [-0.25, -0.2) is 4.79 Å². The number of hydrogen-bond donors (Lipinski definition) is 0. The molecule has 0 aliphatic heterocycles. The Morgan fingerprint density at radius 1 is 1.78 bits per heavy atom. The minimum atomic E-state index is -0.732. The summed E-state index contributed by atoms with van der Waals surface area (Å²) in [7, 11) is 0. The number of carbonyl (C=O) groups excluding carboxylic acids is 2. The van der Waals surface area contributed by atoms with Crippen molar-refractivity contribution < 1.29 is 14.3 Å². The summed E-state index contributed by atoms with van der Waals surface area (Å²) in [4.78, 5) is 22.9. The van der Waals surface area contributed by atoms with Crippen molar-refractivity contribution >= 4 is 18.6 Å². The average Bonchev–Trinajstić information content (AvgIpc) is 1.85. The molecule has 0 aromatic heterocycles. The Balaban J connectivity index is 3.49. The number of nitrogens with zero attached hydrogens (tertiary/aromatic N) is 1. The fraction of sp³-hybridized carbons (Fsp3) is 0.400. The molecule has 50 valence electrons. The molecule has 0 aromatic carbocycles. The van der Waals surface area contributed by atoms with E-state index in [9.17, 15) is 9.59 Å². The summed E-state index contributed by atoms with van der Waals surface area (Å²) in [5.74, 6) is 0. The number of aldehydes is 1. The zero-order valence-corrected chi connectivity index (χ0v) is 5.03.